The van der Waals surface area contributed by atoms with Crippen molar-refractivity contribution in [2.45, 2.75) is 6.54 Å². The largest absolute Gasteiger partial charge is 0.494 e. The van der Waals surface area contributed by atoms with Crippen LogP contribution in [0.5, 0.6) is 5.88 Å². The number of allylic oxidation sites excluding steroid dienone is 1. The van der Waals surface area contributed by atoms with Crippen LogP contribution in [-0.4, -0.2) is 31.9 Å². The van der Waals surface area contributed by atoms with Gasteiger partial charge in [0.05, 0.1) is 11.3 Å². The standard InChI is InChI=1S/C15H13N3O5/c1-2-6-18-13(20)11(12(19)17-15(18)23)8-16-10-5-3-4-9(7-10)14(21)22/h2-5,7-8,20H,1,6H2,(H,21,22)(H,17,19,23). The Kier molecular flexibility index (Phi) is 4.55. The molecule has 0 spiro atoms. The first-order valence-corrected chi connectivity index (χ1v) is 6.48. The van der Waals surface area contributed by atoms with Gasteiger partial charge in [-0.05, 0) is 18.2 Å². The fourth-order valence-electron chi connectivity index (χ4n) is 1.85. The van der Waals surface area contributed by atoms with Gasteiger partial charge in [0.2, 0.25) is 5.88 Å². The van der Waals surface area contributed by atoms with E-state index in [0.717, 1.165) is 10.8 Å². The molecule has 1 heterocycles. The van der Waals surface area contributed by atoms with Gasteiger partial charge >= 0.3 is 11.7 Å². The Balaban J connectivity index is 2.47. The third kappa shape index (κ3) is 3.43. The third-order valence-electron chi connectivity index (χ3n) is 2.95. The van der Waals surface area contributed by atoms with Crippen LogP contribution in [0.3, 0.4) is 0 Å². The van der Waals surface area contributed by atoms with E-state index in [1.165, 1.54) is 30.3 Å². The highest BCUT2D eigenvalue weighted by molar-refractivity contribution is 5.89. The zero-order chi connectivity index (χ0) is 17.0. The maximum absolute atomic E-state index is 11.8. The van der Waals surface area contributed by atoms with Crippen molar-refractivity contribution in [1.82, 2.24) is 9.55 Å². The van der Waals surface area contributed by atoms with Crippen LogP contribution in [0.4, 0.5) is 5.69 Å². The topological polar surface area (TPSA) is 125 Å². The number of carbonyl (C=O) groups is 1. The number of aromatic nitrogens is 2. The van der Waals surface area contributed by atoms with E-state index in [-0.39, 0.29) is 23.4 Å². The van der Waals surface area contributed by atoms with Gasteiger partial charge in [-0.15, -0.1) is 6.58 Å². The minimum atomic E-state index is -1.11. The van der Waals surface area contributed by atoms with Crippen molar-refractivity contribution >= 4 is 17.9 Å². The second-order valence-corrected chi connectivity index (χ2v) is 4.51. The minimum Gasteiger partial charge on any atom is -0.494 e. The number of rotatable bonds is 5. The van der Waals surface area contributed by atoms with Crippen molar-refractivity contribution in [3.63, 3.8) is 0 Å². The third-order valence-corrected chi connectivity index (χ3v) is 2.95. The highest BCUT2D eigenvalue weighted by atomic mass is 16.4. The smallest absolute Gasteiger partial charge is 0.335 e. The van der Waals surface area contributed by atoms with E-state index in [1.807, 2.05) is 0 Å². The molecule has 118 valence electrons. The molecule has 0 aliphatic carbocycles. The molecule has 0 saturated heterocycles. The van der Waals surface area contributed by atoms with Gasteiger partial charge < -0.3 is 10.2 Å². The summed E-state index contributed by atoms with van der Waals surface area (Å²) in [5, 5.41) is 18.9. The summed E-state index contributed by atoms with van der Waals surface area (Å²) >= 11 is 0. The van der Waals surface area contributed by atoms with Crippen molar-refractivity contribution in [2.24, 2.45) is 4.99 Å². The van der Waals surface area contributed by atoms with Crippen LogP contribution in [-0.2, 0) is 6.54 Å². The lowest BCUT2D eigenvalue weighted by atomic mass is 10.2. The molecule has 2 aromatic rings. The zero-order valence-electron chi connectivity index (χ0n) is 11.9. The van der Waals surface area contributed by atoms with Gasteiger partial charge in [-0.1, -0.05) is 12.1 Å². The van der Waals surface area contributed by atoms with Gasteiger partial charge in [0, 0.05) is 12.8 Å². The summed E-state index contributed by atoms with van der Waals surface area (Å²) in [5.41, 5.74) is -1.46. The number of carboxylic acids is 1. The van der Waals surface area contributed by atoms with Gasteiger partial charge in [-0.2, -0.15) is 0 Å². The van der Waals surface area contributed by atoms with E-state index in [4.69, 9.17) is 5.11 Å². The molecule has 0 saturated carbocycles. The molecule has 0 radical (unpaired) electrons. The molecule has 0 unspecified atom stereocenters. The number of H-pyrrole nitrogens is 1. The number of hydrogen-bond acceptors (Lipinski definition) is 5. The molecule has 0 bridgehead atoms. The summed E-state index contributed by atoms with van der Waals surface area (Å²) in [4.78, 5) is 40.3. The van der Waals surface area contributed by atoms with Crippen LogP contribution in [0.15, 0.2) is 51.5 Å². The van der Waals surface area contributed by atoms with Crippen molar-refractivity contribution < 1.29 is 15.0 Å². The van der Waals surface area contributed by atoms with Crippen LogP contribution in [0, 0.1) is 0 Å². The van der Waals surface area contributed by atoms with Crippen LogP contribution in [0.25, 0.3) is 0 Å². The number of aromatic carboxylic acids is 1. The summed E-state index contributed by atoms with van der Waals surface area (Å²) in [7, 11) is 0. The summed E-state index contributed by atoms with van der Waals surface area (Å²) in [6, 6.07) is 5.74. The van der Waals surface area contributed by atoms with Crippen LogP contribution < -0.4 is 11.2 Å². The molecule has 3 N–H and O–H groups in total. The number of aliphatic imine (C=N–C) groups is 1. The molecule has 0 aliphatic heterocycles. The average Bonchev–Trinajstić information content (AvgIpc) is 2.51. The van der Waals surface area contributed by atoms with Gasteiger partial charge in [0.1, 0.15) is 5.56 Å². The maximum atomic E-state index is 11.8. The van der Waals surface area contributed by atoms with Crippen LogP contribution in [0.2, 0.25) is 0 Å². The lowest BCUT2D eigenvalue weighted by Crippen LogP contribution is -2.31. The van der Waals surface area contributed by atoms with E-state index in [2.05, 4.69) is 16.6 Å². The number of hydrogen-bond donors (Lipinski definition) is 3. The first kappa shape index (κ1) is 16.0. The van der Waals surface area contributed by atoms with Gasteiger partial charge in [-0.25, -0.2) is 9.59 Å². The molecule has 0 aliphatic rings. The average molecular weight is 315 g/mol. The van der Waals surface area contributed by atoms with E-state index < -0.39 is 23.1 Å². The Morgan fingerprint density at radius 3 is 2.78 bits per heavy atom. The Morgan fingerprint density at radius 1 is 1.39 bits per heavy atom. The maximum Gasteiger partial charge on any atom is 0.335 e. The summed E-state index contributed by atoms with van der Waals surface area (Å²) < 4.78 is 0.920. The van der Waals surface area contributed by atoms with E-state index in [9.17, 15) is 19.5 Å². The van der Waals surface area contributed by atoms with Crippen molar-refractivity contribution in [3.8, 4) is 5.88 Å². The number of aromatic amines is 1. The minimum absolute atomic E-state index is 0.0107. The molecule has 8 nitrogen and oxygen atoms in total. The SMILES string of the molecule is C=CCn1c(O)c(C=Nc2cccc(C(=O)O)c2)c(=O)[nH]c1=O. The van der Waals surface area contributed by atoms with Gasteiger partial charge in [0.25, 0.3) is 5.56 Å². The number of benzene rings is 1. The Labute approximate surface area is 129 Å². The molecular weight excluding hydrogens is 302 g/mol. The lowest BCUT2D eigenvalue weighted by Gasteiger charge is -2.06. The van der Waals surface area contributed by atoms with E-state index in [0.29, 0.717) is 0 Å². The normalized spacial score (nSPS) is 10.8. The molecule has 1 aromatic heterocycles. The fraction of sp³-hybridized carbons (Fsp3) is 0.0667. The molecule has 1 aromatic carbocycles. The number of aromatic hydroxyl groups is 1. The number of nitrogens with one attached hydrogen (secondary N) is 1. The van der Waals surface area contributed by atoms with Crippen molar-refractivity contribution in [1.29, 1.82) is 0 Å². The summed E-state index contributed by atoms with van der Waals surface area (Å²) in [5.74, 6) is -1.65. The quantitative estimate of drug-likeness (QED) is 0.558. The van der Waals surface area contributed by atoms with Crippen molar-refractivity contribution in [2.75, 3.05) is 0 Å². The first-order valence-electron chi connectivity index (χ1n) is 6.48. The van der Waals surface area contributed by atoms with Crippen molar-refractivity contribution in [3.05, 3.63) is 68.9 Å². The second kappa shape index (κ2) is 6.56. The van der Waals surface area contributed by atoms with Gasteiger partial charge in [-0.3, -0.25) is 19.3 Å². The highest BCUT2D eigenvalue weighted by Crippen LogP contribution is 2.15. The number of nitrogens with zero attached hydrogens (tertiary/aromatic N) is 2. The molecule has 0 atom stereocenters. The Morgan fingerprint density at radius 2 is 2.13 bits per heavy atom. The molecule has 0 amide bonds. The lowest BCUT2D eigenvalue weighted by molar-refractivity contribution is 0.0697. The second-order valence-electron chi connectivity index (χ2n) is 4.51. The Hall–Kier alpha value is -3.42. The Bertz CT molecular complexity index is 908. The van der Waals surface area contributed by atoms with E-state index in [1.54, 1.807) is 0 Å². The molecule has 2 rings (SSSR count). The predicted molar refractivity (Wildman–Crippen MR) is 83.8 cm³/mol. The van der Waals surface area contributed by atoms with Crippen LogP contribution >= 0.6 is 0 Å². The summed E-state index contributed by atoms with van der Waals surface area (Å²) in [6.45, 7) is 3.47. The molecular formula is C15H13N3O5. The predicted octanol–water partition coefficient (Wildman–Crippen LogP) is 0.877. The number of carboxylic acid groups (broad SMARTS) is 1. The van der Waals surface area contributed by atoms with Crippen LogP contribution in [0.1, 0.15) is 15.9 Å². The monoisotopic (exact) mass is 315 g/mol. The molecule has 8 heteroatoms. The molecule has 0 fully saturated rings. The fourth-order valence-corrected chi connectivity index (χ4v) is 1.85. The highest BCUT2D eigenvalue weighted by Gasteiger charge is 2.11. The zero-order valence-corrected chi connectivity index (χ0v) is 11.9. The first-order chi connectivity index (χ1) is 10.9. The van der Waals surface area contributed by atoms with Gasteiger partial charge in [0.15, 0.2) is 0 Å². The summed E-state index contributed by atoms with van der Waals surface area (Å²) in [6.07, 6.45) is 2.45. The molecule has 23 heavy (non-hydrogen) atoms. The van der Waals surface area contributed by atoms with E-state index >= 15 is 0 Å².